The van der Waals surface area contributed by atoms with E-state index in [0.717, 1.165) is 30.6 Å². The molecule has 1 aliphatic rings. The Kier molecular flexibility index (Phi) is 3.81. The number of halogens is 1. The third-order valence-electron chi connectivity index (χ3n) is 3.96. The van der Waals surface area contributed by atoms with E-state index in [2.05, 4.69) is 29.2 Å². The smallest absolute Gasteiger partial charge is 0.128 e. The number of rotatable bonds is 3. The van der Waals surface area contributed by atoms with Crippen molar-refractivity contribution in [2.24, 2.45) is 5.73 Å². The molecule has 1 heterocycles. The predicted octanol–water partition coefficient (Wildman–Crippen LogP) is 2.84. The molecule has 2 aromatic rings. The van der Waals surface area contributed by atoms with Gasteiger partial charge in [-0.1, -0.05) is 36.4 Å². The monoisotopic (exact) mass is 270 g/mol. The number of nitrogens with zero attached hydrogens (tertiary/aromatic N) is 1. The van der Waals surface area contributed by atoms with Gasteiger partial charge in [0.25, 0.3) is 0 Å². The summed E-state index contributed by atoms with van der Waals surface area (Å²) in [5, 5.41) is 0. The molecule has 0 bridgehead atoms. The summed E-state index contributed by atoms with van der Waals surface area (Å²) in [7, 11) is 0. The van der Waals surface area contributed by atoms with Crippen molar-refractivity contribution in [3.8, 4) is 0 Å². The molecule has 104 valence electrons. The quantitative estimate of drug-likeness (QED) is 0.929. The lowest BCUT2D eigenvalue weighted by Crippen LogP contribution is -2.30. The molecule has 2 aromatic carbocycles. The lowest BCUT2D eigenvalue weighted by Gasteiger charge is -2.28. The zero-order valence-electron chi connectivity index (χ0n) is 11.5. The second-order valence-electron chi connectivity index (χ2n) is 5.36. The average Bonchev–Trinajstić information content (AvgIpc) is 2.49. The Morgan fingerprint density at radius 2 is 1.90 bits per heavy atom. The molecule has 3 rings (SSSR count). The minimum Gasteiger partial charge on any atom is -0.326 e. The van der Waals surface area contributed by atoms with Gasteiger partial charge in [0.15, 0.2) is 0 Å². The summed E-state index contributed by atoms with van der Waals surface area (Å²) in [5.74, 6) is -0.146. The van der Waals surface area contributed by atoms with Crippen LogP contribution in [0.3, 0.4) is 0 Å². The molecule has 0 aromatic heterocycles. The molecule has 3 heteroatoms. The van der Waals surface area contributed by atoms with E-state index in [4.69, 9.17) is 5.73 Å². The third kappa shape index (κ3) is 2.74. The van der Waals surface area contributed by atoms with Crippen LogP contribution >= 0.6 is 0 Å². The van der Waals surface area contributed by atoms with Crippen LogP contribution in [-0.4, -0.2) is 11.4 Å². The van der Waals surface area contributed by atoms with Crippen molar-refractivity contribution < 1.29 is 4.39 Å². The van der Waals surface area contributed by atoms with Crippen LogP contribution in [0.4, 0.5) is 4.39 Å². The van der Waals surface area contributed by atoms with Gasteiger partial charge in [0, 0.05) is 31.7 Å². The summed E-state index contributed by atoms with van der Waals surface area (Å²) in [6.45, 7) is 2.92. The first-order chi connectivity index (χ1) is 9.76. The normalized spacial score (nSPS) is 15.1. The number of hydrogen-bond acceptors (Lipinski definition) is 2. The van der Waals surface area contributed by atoms with Gasteiger partial charge in [-0.05, 0) is 29.2 Å². The topological polar surface area (TPSA) is 29.3 Å². The summed E-state index contributed by atoms with van der Waals surface area (Å²) >= 11 is 0. The van der Waals surface area contributed by atoms with Gasteiger partial charge in [-0.2, -0.15) is 0 Å². The van der Waals surface area contributed by atoms with Crippen molar-refractivity contribution in [1.29, 1.82) is 0 Å². The Morgan fingerprint density at radius 1 is 1.10 bits per heavy atom. The van der Waals surface area contributed by atoms with Crippen LogP contribution in [0.25, 0.3) is 0 Å². The van der Waals surface area contributed by atoms with Gasteiger partial charge in [0.2, 0.25) is 0 Å². The molecule has 2 nitrogen and oxygen atoms in total. The Hall–Kier alpha value is -1.71. The van der Waals surface area contributed by atoms with E-state index in [1.54, 1.807) is 6.07 Å². The second-order valence-corrected chi connectivity index (χ2v) is 5.36. The van der Waals surface area contributed by atoms with Crippen LogP contribution in [0.15, 0.2) is 42.5 Å². The number of hydrogen-bond donors (Lipinski definition) is 1. The summed E-state index contributed by atoms with van der Waals surface area (Å²) in [5.41, 5.74) is 9.90. The standard InChI is InChI=1S/C17H19FN2/c18-17-9-13(10-19)5-6-16(17)12-20-8-7-14-3-1-2-4-15(14)11-20/h1-6,9H,7-8,10-12,19H2. The van der Waals surface area contributed by atoms with Crippen LogP contribution in [0.1, 0.15) is 22.3 Å². The second kappa shape index (κ2) is 5.73. The first-order valence-corrected chi connectivity index (χ1v) is 7.03. The average molecular weight is 270 g/mol. The molecule has 0 fully saturated rings. The van der Waals surface area contributed by atoms with E-state index in [9.17, 15) is 4.39 Å². The molecule has 0 saturated heterocycles. The number of benzene rings is 2. The Labute approximate surface area is 119 Å². The molecule has 0 atom stereocenters. The van der Waals surface area contributed by atoms with Gasteiger partial charge >= 0.3 is 0 Å². The maximum absolute atomic E-state index is 14.0. The molecule has 0 radical (unpaired) electrons. The highest BCUT2D eigenvalue weighted by Gasteiger charge is 2.17. The van der Waals surface area contributed by atoms with Gasteiger partial charge in [0.1, 0.15) is 5.82 Å². The fourth-order valence-corrected chi connectivity index (χ4v) is 2.78. The minimum atomic E-state index is -0.146. The van der Waals surface area contributed by atoms with E-state index in [-0.39, 0.29) is 5.82 Å². The van der Waals surface area contributed by atoms with Gasteiger partial charge in [0.05, 0.1) is 0 Å². The van der Waals surface area contributed by atoms with Gasteiger partial charge in [-0.15, -0.1) is 0 Å². The number of nitrogens with two attached hydrogens (primary N) is 1. The molecular weight excluding hydrogens is 251 g/mol. The van der Waals surface area contributed by atoms with E-state index >= 15 is 0 Å². The van der Waals surface area contributed by atoms with Crippen LogP contribution in [0, 0.1) is 5.82 Å². The maximum atomic E-state index is 14.0. The van der Waals surface area contributed by atoms with E-state index in [0.29, 0.717) is 13.1 Å². The number of fused-ring (bicyclic) bond motifs is 1. The molecule has 0 saturated carbocycles. The predicted molar refractivity (Wildman–Crippen MR) is 78.6 cm³/mol. The Bertz CT molecular complexity index is 610. The largest absolute Gasteiger partial charge is 0.326 e. The molecule has 0 amide bonds. The van der Waals surface area contributed by atoms with Crippen molar-refractivity contribution >= 4 is 0 Å². The van der Waals surface area contributed by atoms with Gasteiger partial charge in [-0.3, -0.25) is 4.90 Å². The molecular formula is C17H19FN2. The van der Waals surface area contributed by atoms with Crippen LogP contribution < -0.4 is 5.73 Å². The molecule has 0 unspecified atom stereocenters. The van der Waals surface area contributed by atoms with Gasteiger partial charge in [-0.25, -0.2) is 4.39 Å². The SMILES string of the molecule is NCc1ccc(CN2CCc3ccccc3C2)c(F)c1. The van der Waals surface area contributed by atoms with E-state index in [1.807, 2.05) is 12.1 Å². The Morgan fingerprint density at radius 3 is 2.65 bits per heavy atom. The zero-order valence-corrected chi connectivity index (χ0v) is 11.5. The van der Waals surface area contributed by atoms with E-state index in [1.165, 1.54) is 11.1 Å². The van der Waals surface area contributed by atoms with Crippen molar-refractivity contribution in [2.75, 3.05) is 6.54 Å². The fourth-order valence-electron chi connectivity index (χ4n) is 2.78. The highest BCUT2D eigenvalue weighted by molar-refractivity contribution is 5.30. The highest BCUT2D eigenvalue weighted by Crippen LogP contribution is 2.21. The lowest BCUT2D eigenvalue weighted by molar-refractivity contribution is 0.242. The molecule has 2 N–H and O–H groups in total. The van der Waals surface area contributed by atoms with Crippen LogP contribution in [-0.2, 0) is 26.1 Å². The van der Waals surface area contributed by atoms with Crippen LogP contribution in [0.5, 0.6) is 0 Å². The van der Waals surface area contributed by atoms with Crippen molar-refractivity contribution in [2.45, 2.75) is 26.1 Å². The van der Waals surface area contributed by atoms with Crippen molar-refractivity contribution in [3.63, 3.8) is 0 Å². The zero-order chi connectivity index (χ0) is 13.9. The maximum Gasteiger partial charge on any atom is 0.128 e. The van der Waals surface area contributed by atoms with Gasteiger partial charge < -0.3 is 5.73 Å². The van der Waals surface area contributed by atoms with Crippen molar-refractivity contribution in [1.82, 2.24) is 4.90 Å². The minimum absolute atomic E-state index is 0.146. The third-order valence-corrected chi connectivity index (χ3v) is 3.96. The molecule has 0 spiro atoms. The lowest BCUT2D eigenvalue weighted by atomic mass is 9.99. The molecule has 20 heavy (non-hydrogen) atoms. The summed E-state index contributed by atoms with van der Waals surface area (Å²) in [6.07, 6.45) is 1.04. The Balaban J connectivity index is 1.73. The van der Waals surface area contributed by atoms with Crippen LogP contribution in [0.2, 0.25) is 0 Å². The summed E-state index contributed by atoms with van der Waals surface area (Å²) in [6, 6.07) is 13.8. The molecule has 0 aliphatic carbocycles. The first kappa shape index (κ1) is 13.3. The van der Waals surface area contributed by atoms with E-state index < -0.39 is 0 Å². The molecule has 1 aliphatic heterocycles. The highest BCUT2D eigenvalue weighted by atomic mass is 19.1. The van der Waals surface area contributed by atoms with Crippen molar-refractivity contribution in [3.05, 3.63) is 70.5 Å². The summed E-state index contributed by atoms with van der Waals surface area (Å²) in [4.78, 5) is 2.29. The first-order valence-electron chi connectivity index (χ1n) is 7.03. The fraction of sp³-hybridized carbons (Fsp3) is 0.294. The summed E-state index contributed by atoms with van der Waals surface area (Å²) < 4.78 is 14.0.